The second-order valence-corrected chi connectivity index (χ2v) is 8.43. The minimum atomic E-state index is -4.79. The summed E-state index contributed by atoms with van der Waals surface area (Å²) in [5.41, 5.74) is 4.80. The molecule has 5 rings (SSSR count). The molecule has 0 radical (unpaired) electrons. The first-order valence-electron chi connectivity index (χ1n) is 11.3. The van der Waals surface area contributed by atoms with Gasteiger partial charge in [0, 0.05) is 24.0 Å². The van der Waals surface area contributed by atoms with Crippen LogP contribution in [0.3, 0.4) is 0 Å². The van der Waals surface area contributed by atoms with Gasteiger partial charge < -0.3 is 14.6 Å². The van der Waals surface area contributed by atoms with E-state index in [0.29, 0.717) is 27.9 Å². The highest BCUT2D eigenvalue weighted by Gasteiger charge is 2.31. The summed E-state index contributed by atoms with van der Waals surface area (Å²) < 4.78 is 44.8. The Bertz CT molecular complexity index is 1560. The number of alkyl halides is 3. The van der Waals surface area contributed by atoms with Gasteiger partial charge in [-0.05, 0) is 62.4 Å². The monoisotopic (exact) mass is 489 g/mol. The number of hydrogen-bond acceptors (Lipinski definition) is 5. The Labute approximate surface area is 205 Å². The van der Waals surface area contributed by atoms with E-state index in [1.54, 1.807) is 18.5 Å². The fourth-order valence-electron chi connectivity index (χ4n) is 4.02. The fourth-order valence-corrected chi connectivity index (χ4v) is 4.02. The molecule has 9 heteroatoms. The van der Waals surface area contributed by atoms with Crippen molar-refractivity contribution in [3.63, 3.8) is 0 Å². The Kier molecular flexibility index (Phi) is 6.05. The number of fused-ring (bicyclic) bond motifs is 2. The van der Waals surface area contributed by atoms with Gasteiger partial charge in [-0.15, -0.1) is 13.2 Å². The van der Waals surface area contributed by atoms with Crippen LogP contribution in [-0.4, -0.2) is 26.9 Å². The van der Waals surface area contributed by atoms with Crippen molar-refractivity contribution >= 4 is 22.4 Å². The number of pyridine rings is 1. The highest BCUT2D eigenvalue weighted by atomic mass is 19.4. The summed E-state index contributed by atoms with van der Waals surface area (Å²) in [5, 5.41) is 4.05. The topological polar surface area (TPSA) is 64.3 Å². The first-order valence-corrected chi connectivity index (χ1v) is 11.3. The molecule has 0 saturated carbocycles. The summed E-state index contributed by atoms with van der Waals surface area (Å²) in [6, 6.07) is 20.9. The van der Waals surface area contributed by atoms with Crippen LogP contribution >= 0.6 is 0 Å². The van der Waals surface area contributed by atoms with Crippen molar-refractivity contribution in [1.29, 1.82) is 0 Å². The van der Waals surface area contributed by atoms with Crippen LogP contribution in [0.4, 0.5) is 24.5 Å². The highest BCUT2D eigenvalue weighted by Crippen LogP contribution is 2.32. The number of para-hydroxylation sites is 2. The van der Waals surface area contributed by atoms with E-state index in [2.05, 4.69) is 15.0 Å². The Balaban J connectivity index is 1.78. The number of rotatable bonds is 5. The number of nitrogens with zero attached hydrogens (tertiary/aromatic N) is 4. The quantitative estimate of drug-likeness (QED) is 0.287. The smallest absolute Gasteiger partial charge is 0.406 e. The second kappa shape index (κ2) is 9.33. The van der Waals surface area contributed by atoms with Gasteiger partial charge in [0.2, 0.25) is 0 Å². The van der Waals surface area contributed by atoms with E-state index >= 15 is 0 Å². The van der Waals surface area contributed by atoms with E-state index in [0.717, 1.165) is 16.9 Å². The first-order chi connectivity index (χ1) is 17.3. The van der Waals surface area contributed by atoms with Crippen LogP contribution in [0.15, 0.2) is 90.2 Å². The minimum Gasteiger partial charge on any atom is -0.406 e. The van der Waals surface area contributed by atoms with E-state index in [-0.39, 0.29) is 11.8 Å². The molecule has 0 atom stereocenters. The number of nitrogens with one attached hydrogen (secondary N) is 1. The molecule has 2 aromatic carbocycles. The summed E-state index contributed by atoms with van der Waals surface area (Å²) in [6.07, 6.45) is -1.39. The molecular weight excluding hydrogens is 467 g/mol. The lowest BCUT2D eigenvalue weighted by molar-refractivity contribution is -0.274. The Morgan fingerprint density at radius 1 is 0.972 bits per heavy atom. The normalized spacial score (nSPS) is 12.4. The Morgan fingerprint density at radius 2 is 1.81 bits per heavy atom. The van der Waals surface area contributed by atoms with Crippen molar-refractivity contribution in [2.24, 2.45) is 4.99 Å². The van der Waals surface area contributed by atoms with Gasteiger partial charge in [0.15, 0.2) is 0 Å². The summed E-state index contributed by atoms with van der Waals surface area (Å²) in [4.78, 5) is 13.8. The molecule has 1 aliphatic carbocycles. The van der Waals surface area contributed by atoms with Crippen LogP contribution in [0.25, 0.3) is 28.1 Å². The van der Waals surface area contributed by atoms with Crippen molar-refractivity contribution in [2.45, 2.75) is 26.3 Å². The van der Waals surface area contributed by atoms with Gasteiger partial charge in [-0.25, -0.2) is 4.98 Å². The van der Waals surface area contributed by atoms with Crippen molar-refractivity contribution < 1.29 is 17.9 Å². The number of anilines is 2. The average molecular weight is 490 g/mol. The summed E-state index contributed by atoms with van der Waals surface area (Å²) in [7, 11) is 0. The Hall–Kier alpha value is -4.40. The zero-order valence-electron chi connectivity index (χ0n) is 19.5. The molecule has 0 spiro atoms. The van der Waals surface area contributed by atoms with Crippen LogP contribution in [-0.2, 0) is 0 Å². The van der Waals surface area contributed by atoms with Crippen molar-refractivity contribution in [3.8, 4) is 22.8 Å². The number of benzene rings is 3. The van der Waals surface area contributed by atoms with Crippen molar-refractivity contribution in [1.82, 2.24) is 14.5 Å². The number of hydrogen-bond donors (Lipinski definition) is 1. The van der Waals surface area contributed by atoms with E-state index in [1.807, 2.05) is 66.9 Å². The predicted octanol–water partition coefficient (Wildman–Crippen LogP) is 6.48. The number of ether oxygens (including phenoxy) is 1. The van der Waals surface area contributed by atoms with Gasteiger partial charge in [0.1, 0.15) is 5.75 Å². The lowest BCUT2D eigenvalue weighted by atomic mass is 10.1. The average Bonchev–Trinajstić information content (AvgIpc) is 2.82. The third kappa shape index (κ3) is 5.00. The van der Waals surface area contributed by atoms with E-state index in [1.165, 1.54) is 18.2 Å². The van der Waals surface area contributed by atoms with Crippen molar-refractivity contribution in [2.75, 3.05) is 5.32 Å². The van der Waals surface area contributed by atoms with Gasteiger partial charge in [0.05, 0.1) is 45.4 Å². The van der Waals surface area contributed by atoms with Crippen LogP contribution in [0.2, 0.25) is 0 Å². The van der Waals surface area contributed by atoms with Crippen LogP contribution < -0.4 is 15.4 Å². The van der Waals surface area contributed by atoms with Gasteiger partial charge in [-0.1, -0.05) is 18.2 Å². The molecule has 36 heavy (non-hydrogen) atoms. The zero-order valence-corrected chi connectivity index (χ0v) is 19.5. The third-order valence-corrected chi connectivity index (χ3v) is 5.34. The molecule has 0 unspecified atom stereocenters. The summed E-state index contributed by atoms with van der Waals surface area (Å²) in [6.45, 7) is 3.95. The molecule has 0 amide bonds. The van der Waals surface area contributed by atoms with Gasteiger partial charge >= 0.3 is 6.36 Å². The molecule has 2 aliphatic rings. The van der Waals surface area contributed by atoms with Gasteiger partial charge in [-0.3, -0.25) is 9.98 Å². The standard InChI is InChI=1S/C27H22F3N5O/c1-17(2)32-23-15-26-24(14-22(23)33-18-7-6-12-31-16-18)34-21-10-3-4-11-25(21)35(26)19-8-5-9-20(13-19)36-27(28,29)30/h3-17,33H,1-2H3/b32-23+. The molecule has 182 valence electrons. The molecule has 0 bridgehead atoms. The van der Waals surface area contributed by atoms with Gasteiger partial charge in [0.25, 0.3) is 0 Å². The zero-order chi connectivity index (χ0) is 25.3. The maximum Gasteiger partial charge on any atom is 0.573 e. The molecule has 3 aromatic rings. The third-order valence-electron chi connectivity index (χ3n) is 5.34. The molecule has 1 aliphatic heterocycles. The van der Waals surface area contributed by atoms with E-state index in [9.17, 15) is 13.2 Å². The number of halogens is 3. The minimum absolute atomic E-state index is 0.00211. The van der Waals surface area contributed by atoms with E-state index < -0.39 is 6.36 Å². The molecule has 6 nitrogen and oxygen atoms in total. The first kappa shape index (κ1) is 23.3. The molecule has 0 saturated heterocycles. The van der Waals surface area contributed by atoms with Crippen LogP contribution in [0, 0.1) is 0 Å². The highest BCUT2D eigenvalue weighted by molar-refractivity contribution is 5.84. The lowest BCUT2D eigenvalue weighted by Crippen LogP contribution is -2.18. The second-order valence-electron chi connectivity index (χ2n) is 8.43. The van der Waals surface area contributed by atoms with Crippen LogP contribution in [0.5, 0.6) is 5.75 Å². The summed E-state index contributed by atoms with van der Waals surface area (Å²) in [5.74, 6) is -0.302. The summed E-state index contributed by atoms with van der Waals surface area (Å²) >= 11 is 0. The molecule has 0 fully saturated rings. The molecule has 2 heterocycles. The van der Waals surface area contributed by atoms with Crippen LogP contribution in [0.1, 0.15) is 13.8 Å². The van der Waals surface area contributed by atoms with Crippen molar-refractivity contribution in [3.05, 3.63) is 90.5 Å². The predicted molar refractivity (Wildman–Crippen MR) is 133 cm³/mol. The van der Waals surface area contributed by atoms with Gasteiger partial charge in [-0.2, -0.15) is 0 Å². The SMILES string of the molecule is CC(C)/N=c1\cc2n(-c3cccc(OC(F)(F)F)c3)c3ccccc3nc-2cc1Nc1cccnc1. The lowest BCUT2D eigenvalue weighted by Gasteiger charge is -2.21. The maximum absolute atomic E-state index is 12.9. The largest absolute Gasteiger partial charge is 0.573 e. The number of aromatic nitrogens is 3. The molecule has 1 aromatic heterocycles. The molecule has 1 N–H and O–H groups in total. The fraction of sp³-hybridized carbons (Fsp3) is 0.148. The van der Waals surface area contributed by atoms with E-state index in [4.69, 9.17) is 9.98 Å². The maximum atomic E-state index is 12.9. The molecular formula is C27H22F3N5O. The Morgan fingerprint density at radius 3 is 2.56 bits per heavy atom.